The van der Waals surface area contributed by atoms with Crippen molar-refractivity contribution in [1.29, 1.82) is 0 Å². The quantitative estimate of drug-likeness (QED) is 0.588. The number of nitrogens with zero attached hydrogens (tertiary/aromatic N) is 3. The highest BCUT2D eigenvalue weighted by molar-refractivity contribution is 6.32. The Morgan fingerprint density at radius 1 is 1.35 bits per heavy atom. The van der Waals surface area contributed by atoms with Crippen molar-refractivity contribution in [2.45, 2.75) is 33.1 Å². The van der Waals surface area contributed by atoms with Gasteiger partial charge in [-0.2, -0.15) is 0 Å². The fourth-order valence-corrected chi connectivity index (χ4v) is 3.07. The lowest BCUT2D eigenvalue weighted by atomic mass is 9.76. The largest absolute Gasteiger partial charge is 0.465 e. The summed E-state index contributed by atoms with van der Waals surface area (Å²) in [4.78, 5) is 21.0. The van der Waals surface area contributed by atoms with Gasteiger partial charge < -0.3 is 10.0 Å². The summed E-state index contributed by atoms with van der Waals surface area (Å²) in [5.41, 5.74) is 1.42. The Kier molecular flexibility index (Phi) is 4.12. The van der Waals surface area contributed by atoms with Crippen molar-refractivity contribution in [3.63, 3.8) is 0 Å². The fraction of sp³-hybridized carbons (Fsp3) is 0.615. The molecule has 0 radical (unpaired) electrons. The monoisotopic (exact) mass is 317 g/mol. The number of amides is 1. The Morgan fingerprint density at radius 3 is 2.55 bits per heavy atom. The van der Waals surface area contributed by atoms with E-state index in [9.17, 15) is 9.90 Å². The number of fused-ring (bicyclic) bond motifs is 1. The number of aromatic nitrogens is 2. The van der Waals surface area contributed by atoms with Gasteiger partial charge in [-0.3, -0.25) is 0 Å². The second kappa shape index (κ2) is 5.37. The average Bonchev–Trinajstić information content (AvgIpc) is 2.47. The molecular formula is C13H17Cl2N3O2. The van der Waals surface area contributed by atoms with Crippen LogP contribution in [-0.2, 0) is 6.42 Å². The number of hydrogen-bond acceptors (Lipinski definition) is 3. The van der Waals surface area contributed by atoms with Crippen LogP contribution in [0.2, 0.25) is 10.4 Å². The predicted octanol–water partition coefficient (Wildman–Crippen LogP) is 3.45. The molecule has 2 rings (SSSR count). The number of carboxylic acid groups (broad SMARTS) is 1. The first kappa shape index (κ1) is 15.3. The summed E-state index contributed by atoms with van der Waals surface area (Å²) in [5.74, 6) is -0.0686. The van der Waals surface area contributed by atoms with Crippen LogP contribution in [0.5, 0.6) is 0 Å². The summed E-state index contributed by atoms with van der Waals surface area (Å²) < 4.78 is 0. The summed E-state index contributed by atoms with van der Waals surface area (Å²) in [6, 6.07) is 0. The molecule has 1 aliphatic heterocycles. The highest BCUT2D eigenvalue weighted by atomic mass is 35.5. The van der Waals surface area contributed by atoms with Gasteiger partial charge in [0.2, 0.25) is 5.28 Å². The Bertz CT molecular complexity index is 543. The van der Waals surface area contributed by atoms with Crippen LogP contribution < -0.4 is 0 Å². The first-order valence-corrected chi connectivity index (χ1v) is 7.15. The van der Waals surface area contributed by atoms with E-state index in [1.165, 1.54) is 4.90 Å². The SMILES string of the molecule is CC(C)(C)C1CN(C(=O)O)CCc2nc(Cl)nc(Cl)c21. The lowest BCUT2D eigenvalue weighted by Crippen LogP contribution is -2.36. The van der Waals surface area contributed by atoms with E-state index in [-0.39, 0.29) is 16.6 Å². The van der Waals surface area contributed by atoms with Crippen molar-refractivity contribution < 1.29 is 9.90 Å². The van der Waals surface area contributed by atoms with E-state index in [0.717, 1.165) is 11.3 Å². The predicted molar refractivity (Wildman–Crippen MR) is 77.5 cm³/mol. The standard InChI is InChI=1S/C13H17Cl2N3O2/c1-13(2,3)7-6-18(12(19)20)5-4-8-9(7)10(14)17-11(15)16-8/h7H,4-6H2,1-3H3,(H,19,20). The van der Waals surface area contributed by atoms with E-state index in [0.29, 0.717) is 24.7 Å². The molecule has 110 valence electrons. The third-order valence-corrected chi connectivity index (χ3v) is 4.09. The highest BCUT2D eigenvalue weighted by Crippen LogP contribution is 2.41. The van der Waals surface area contributed by atoms with Crippen LogP contribution in [0, 0.1) is 5.41 Å². The molecule has 0 fully saturated rings. The maximum absolute atomic E-state index is 11.3. The molecule has 0 spiro atoms. The second-order valence-corrected chi connectivity index (χ2v) is 6.74. The molecule has 5 nitrogen and oxygen atoms in total. The molecule has 1 aromatic rings. The van der Waals surface area contributed by atoms with Crippen LogP contribution in [0.4, 0.5) is 4.79 Å². The zero-order chi connectivity index (χ0) is 15.1. The number of hydrogen-bond donors (Lipinski definition) is 1. The smallest absolute Gasteiger partial charge is 0.407 e. The van der Waals surface area contributed by atoms with Gasteiger partial charge in [0, 0.05) is 31.0 Å². The van der Waals surface area contributed by atoms with E-state index in [1.54, 1.807) is 0 Å². The topological polar surface area (TPSA) is 66.3 Å². The first-order chi connectivity index (χ1) is 9.20. The third kappa shape index (κ3) is 2.99. The van der Waals surface area contributed by atoms with Gasteiger partial charge in [-0.25, -0.2) is 14.8 Å². The first-order valence-electron chi connectivity index (χ1n) is 6.40. The molecule has 7 heteroatoms. The lowest BCUT2D eigenvalue weighted by Gasteiger charge is -2.33. The van der Waals surface area contributed by atoms with E-state index >= 15 is 0 Å². The van der Waals surface area contributed by atoms with Crippen molar-refractivity contribution in [2.24, 2.45) is 5.41 Å². The van der Waals surface area contributed by atoms with Gasteiger partial charge in [0.25, 0.3) is 0 Å². The number of rotatable bonds is 0. The van der Waals surface area contributed by atoms with Crippen molar-refractivity contribution in [1.82, 2.24) is 14.9 Å². The van der Waals surface area contributed by atoms with E-state index < -0.39 is 6.09 Å². The molecule has 2 heterocycles. The normalized spacial score (nSPS) is 19.4. The Hall–Kier alpha value is -1.07. The van der Waals surface area contributed by atoms with Crippen LogP contribution in [0.15, 0.2) is 0 Å². The van der Waals surface area contributed by atoms with Crippen LogP contribution >= 0.6 is 23.2 Å². The summed E-state index contributed by atoms with van der Waals surface area (Å²) >= 11 is 12.1. The number of halogens is 2. The van der Waals surface area contributed by atoms with Gasteiger partial charge in [0.1, 0.15) is 5.15 Å². The lowest BCUT2D eigenvalue weighted by molar-refractivity contribution is 0.135. The van der Waals surface area contributed by atoms with Gasteiger partial charge in [-0.05, 0) is 17.0 Å². The van der Waals surface area contributed by atoms with Gasteiger partial charge >= 0.3 is 6.09 Å². The Morgan fingerprint density at radius 2 is 2.00 bits per heavy atom. The summed E-state index contributed by atoms with van der Waals surface area (Å²) in [5, 5.41) is 9.71. The van der Waals surface area contributed by atoms with Crippen molar-refractivity contribution in [3.05, 3.63) is 21.7 Å². The molecule has 0 aliphatic carbocycles. The molecule has 0 saturated heterocycles. The van der Waals surface area contributed by atoms with Gasteiger partial charge in [0.15, 0.2) is 0 Å². The highest BCUT2D eigenvalue weighted by Gasteiger charge is 2.36. The van der Waals surface area contributed by atoms with E-state index in [4.69, 9.17) is 23.2 Å². The number of carbonyl (C=O) groups is 1. The van der Waals surface area contributed by atoms with Crippen LogP contribution in [-0.4, -0.2) is 39.2 Å². The molecule has 1 unspecified atom stereocenters. The fourth-order valence-electron chi connectivity index (χ4n) is 2.52. The van der Waals surface area contributed by atoms with Crippen molar-refractivity contribution in [2.75, 3.05) is 13.1 Å². The molecule has 1 atom stereocenters. The van der Waals surface area contributed by atoms with Crippen molar-refractivity contribution >= 4 is 29.3 Å². The molecule has 1 aromatic heterocycles. The molecule has 1 N–H and O–H groups in total. The van der Waals surface area contributed by atoms with E-state index in [1.807, 2.05) is 0 Å². The van der Waals surface area contributed by atoms with Crippen LogP contribution in [0.1, 0.15) is 37.9 Å². The molecular weight excluding hydrogens is 301 g/mol. The minimum Gasteiger partial charge on any atom is -0.465 e. The molecule has 0 bridgehead atoms. The van der Waals surface area contributed by atoms with Gasteiger partial charge in [-0.1, -0.05) is 32.4 Å². The molecule has 20 heavy (non-hydrogen) atoms. The Balaban J connectivity index is 2.55. The zero-order valence-corrected chi connectivity index (χ0v) is 13.2. The third-order valence-electron chi connectivity index (χ3n) is 3.64. The molecule has 1 amide bonds. The molecule has 0 saturated carbocycles. The zero-order valence-electron chi connectivity index (χ0n) is 11.7. The summed E-state index contributed by atoms with van der Waals surface area (Å²) in [7, 11) is 0. The maximum Gasteiger partial charge on any atom is 0.407 e. The maximum atomic E-state index is 11.3. The summed E-state index contributed by atoms with van der Waals surface area (Å²) in [6.45, 7) is 6.93. The van der Waals surface area contributed by atoms with Gasteiger partial charge in [-0.15, -0.1) is 0 Å². The second-order valence-electron chi connectivity index (χ2n) is 6.04. The van der Waals surface area contributed by atoms with E-state index in [2.05, 4.69) is 30.7 Å². The van der Waals surface area contributed by atoms with Crippen LogP contribution in [0.25, 0.3) is 0 Å². The van der Waals surface area contributed by atoms with Crippen LogP contribution in [0.3, 0.4) is 0 Å². The molecule has 1 aliphatic rings. The summed E-state index contributed by atoms with van der Waals surface area (Å²) in [6.07, 6.45) is -0.432. The molecule has 0 aromatic carbocycles. The van der Waals surface area contributed by atoms with Gasteiger partial charge in [0.05, 0.1) is 5.69 Å². The average molecular weight is 318 g/mol. The van der Waals surface area contributed by atoms with Crippen molar-refractivity contribution in [3.8, 4) is 0 Å². The minimum absolute atomic E-state index is 0.0686. The Labute approximate surface area is 127 Å². The minimum atomic E-state index is -0.928.